The van der Waals surface area contributed by atoms with Gasteiger partial charge in [0.2, 0.25) is 5.91 Å². The van der Waals surface area contributed by atoms with Crippen LogP contribution in [-0.4, -0.2) is 43.6 Å². The molecule has 1 fully saturated rings. The molecule has 2 amide bonds. The molecule has 5 heteroatoms. The maximum Gasteiger partial charge on any atom is 0.407 e. The Morgan fingerprint density at radius 2 is 2.14 bits per heavy atom. The molecule has 1 aromatic carbocycles. The minimum Gasteiger partial charge on any atom is -0.453 e. The van der Waals surface area contributed by atoms with Gasteiger partial charge >= 0.3 is 6.09 Å². The zero-order valence-corrected chi connectivity index (χ0v) is 12.6. The van der Waals surface area contributed by atoms with E-state index in [0.717, 1.165) is 19.4 Å². The van der Waals surface area contributed by atoms with E-state index in [-0.39, 0.29) is 12.5 Å². The molecule has 1 saturated heterocycles. The molecular weight excluding hydrogens is 268 g/mol. The van der Waals surface area contributed by atoms with Crippen molar-refractivity contribution in [1.29, 1.82) is 0 Å². The van der Waals surface area contributed by atoms with Crippen LogP contribution in [0.1, 0.15) is 29.9 Å². The predicted molar refractivity (Wildman–Crippen MR) is 80.1 cm³/mol. The topological polar surface area (TPSA) is 58.6 Å². The number of nitrogens with zero attached hydrogens (tertiary/aromatic N) is 1. The number of benzene rings is 1. The van der Waals surface area contributed by atoms with E-state index < -0.39 is 6.09 Å². The first-order valence-corrected chi connectivity index (χ1v) is 7.27. The number of aryl methyl sites for hydroxylation is 1. The summed E-state index contributed by atoms with van der Waals surface area (Å²) in [6.07, 6.45) is 1.51. The Kier molecular flexibility index (Phi) is 5.20. The molecule has 0 radical (unpaired) electrons. The van der Waals surface area contributed by atoms with E-state index in [2.05, 4.69) is 29.1 Å². The fourth-order valence-corrected chi connectivity index (χ4v) is 2.83. The lowest BCUT2D eigenvalue weighted by molar-refractivity contribution is -0.131. The number of rotatable bonds is 3. The third-order valence-corrected chi connectivity index (χ3v) is 3.97. The summed E-state index contributed by atoms with van der Waals surface area (Å²) < 4.78 is 4.47. The zero-order chi connectivity index (χ0) is 15.2. The van der Waals surface area contributed by atoms with Crippen LogP contribution in [0.15, 0.2) is 24.3 Å². The minimum absolute atomic E-state index is 0.00678. The molecule has 1 aromatic rings. The van der Waals surface area contributed by atoms with Gasteiger partial charge in [0.25, 0.3) is 0 Å². The highest BCUT2D eigenvalue weighted by atomic mass is 16.5. The summed E-state index contributed by atoms with van der Waals surface area (Å²) in [7, 11) is 1.29. The number of piperidine rings is 1. The molecule has 1 N–H and O–H groups in total. The van der Waals surface area contributed by atoms with Crippen molar-refractivity contribution < 1.29 is 14.3 Å². The zero-order valence-electron chi connectivity index (χ0n) is 12.6. The number of hydrogen-bond donors (Lipinski definition) is 1. The van der Waals surface area contributed by atoms with Crippen molar-refractivity contribution in [2.24, 2.45) is 0 Å². The Labute approximate surface area is 125 Å². The van der Waals surface area contributed by atoms with Crippen LogP contribution in [0.5, 0.6) is 0 Å². The lowest BCUT2D eigenvalue weighted by Gasteiger charge is -2.33. The number of alkyl carbamates (subject to hydrolysis) is 1. The average Bonchev–Trinajstić information content (AvgIpc) is 2.52. The SMILES string of the molecule is COC(=O)NCC(=O)N1CCCC(c2ccccc2C)C1. The molecule has 0 aromatic heterocycles. The van der Waals surface area contributed by atoms with Gasteiger partial charge in [-0.25, -0.2) is 4.79 Å². The first-order valence-electron chi connectivity index (χ1n) is 7.27. The van der Waals surface area contributed by atoms with E-state index in [4.69, 9.17) is 0 Å². The average molecular weight is 290 g/mol. The quantitative estimate of drug-likeness (QED) is 0.927. The summed E-state index contributed by atoms with van der Waals surface area (Å²) in [5.74, 6) is 0.320. The molecule has 0 aliphatic carbocycles. The molecule has 1 heterocycles. The fraction of sp³-hybridized carbons (Fsp3) is 0.500. The van der Waals surface area contributed by atoms with Gasteiger partial charge in [-0.05, 0) is 30.9 Å². The van der Waals surface area contributed by atoms with Crippen LogP contribution < -0.4 is 5.32 Å². The summed E-state index contributed by atoms with van der Waals surface area (Å²) in [4.78, 5) is 25.0. The number of ether oxygens (including phenoxy) is 1. The van der Waals surface area contributed by atoms with Crippen molar-refractivity contribution in [3.8, 4) is 0 Å². The van der Waals surface area contributed by atoms with Crippen LogP contribution in [0.3, 0.4) is 0 Å². The number of carbonyl (C=O) groups is 2. The van der Waals surface area contributed by atoms with Gasteiger partial charge in [-0.1, -0.05) is 24.3 Å². The molecule has 5 nitrogen and oxygen atoms in total. The molecule has 114 valence electrons. The molecule has 2 rings (SSSR count). The van der Waals surface area contributed by atoms with Crippen LogP contribution >= 0.6 is 0 Å². The number of carbonyl (C=O) groups excluding carboxylic acids is 2. The predicted octanol–water partition coefficient (Wildman–Crippen LogP) is 2.06. The Morgan fingerprint density at radius 3 is 2.86 bits per heavy atom. The third-order valence-electron chi connectivity index (χ3n) is 3.97. The maximum atomic E-state index is 12.1. The van der Waals surface area contributed by atoms with Gasteiger partial charge in [-0.2, -0.15) is 0 Å². The van der Waals surface area contributed by atoms with Gasteiger partial charge in [0, 0.05) is 19.0 Å². The second kappa shape index (κ2) is 7.11. The number of amides is 2. The monoisotopic (exact) mass is 290 g/mol. The minimum atomic E-state index is -0.573. The lowest BCUT2D eigenvalue weighted by Crippen LogP contribution is -2.44. The van der Waals surface area contributed by atoms with Crippen molar-refractivity contribution in [1.82, 2.24) is 10.2 Å². The standard InChI is InChI=1S/C16H22N2O3/c1-12-6-3-4-8-14(12)13-7-5-9-18(11-13)15(19)10-17-16(20)21-2/h3-4,6,8,13H,5,7,9-11H2,1-2H3,(H,17,20). The molecule has 0 bridgehead atoms. The normalized spacial score (nSPS) is 18.2. The van der Waals surface area contributed by atoms with Gasteiger partial charge in [0.1, 0.15) is 6.54 Å². The summed E-state index contributed by atoms with van der Waals surface area (Å²) in [6.45, 7) is 3.57. The van der Waals surface area contributed by atoms with E-state index in [1.807, 2.05) is 17.0 Å². The second-order valence-corrected chi connectivity index (χ2v) is 5.38. The molecule has 1 aliphatic rings. The van der Waals surface area contributed by atoms with Crippen molar-refractivity contribution in [3.05, 3.63) is 35.4 Å². The Balaban J connectivity index is 1.96. The summed E-state index contributed by atoms with van der Waals surface area (Å²) in [5.41, 5.74) is 2.58. The number of methoxy groups -OCH3 is 1. The van der Waals surface area contributed by atoms with Crippen molar-refractivity contribution in [3.63, 3.8) is 0 Å². The highest BCUT2D eigenvalue weighted by Crippen LogP contribution is 2.28. The molecule has 1 unspecified atom stereocenters. The molecular formula is C16H22N2O3. The first-order chi connectivity index (χ1) is 10.1. The molecule has 1 atom stereocenters. The Bertz CT molecular complexity index is 516. The van der Waals surface area contributed by atoms with Crippen LogP contribution in [0.4, 0.5) is 4.79 Å². The van der Waals surface area contributed by atoms with E-state index in [1.165, 1.54) is 18.2 Å². The van der Waals surface area contributed by atoms with Crippen LogP contribution in [0.25, 0.3) is 0 Å². The van der Waals surface area contributed by atoms with Crippen molar-refractivity contribution in [2.45, 2.75) is 25.7 Å². The van der Waals surface area contributed by atoms with Crippen molar-refractivity contribution in [2.75, 3.05) is 26.7 Å². The van der Waals surface area contributed by atoms with Gasteiger partial charge in [0.05, 0.1) is 7.11 Å². The largest absolute Gasteiger partial charge is 0.453 e. The number of nitrogens with one attached hydrogen (secondary N) is 1. The fourth-order valence-electron chi connectivity index (χ4n) is 2.83. The van der Waals surface area contributed by atoms with Crippen LogP contribution in [0.2, 0.25) is 0 Å². The molecule has 0 spiro atoms. The third kappa shape index (κ3) is 3.97. The summed E-state index contributed by atoms with van der Waals surface area (Å²) in [6, 6.07) is 8.32. The van der Waals surface area contributed by atoms with E-state index in [0.29, 0.717) is 12.5 Å². The molecule has 1 aliphatic heterocycles. The highest BCUT2D eigenvalue weighted by Gasteiger charge is 2.25. The van der Waals surface area contributed by atoms with E-state index >= 15 is 0 Å². The van der Waals surface area contributed by atoms with Crippen LogP contribution in [-0.2, 0) is 9.53 Å². The van der Waals surface area contributed by atoms with Gasteiger partial charge in [-0.3, -0.25) is 4.79 Å². The second-order valence-electron chi connectivity index (χ2n) is 5.38. The van der Waals surface area contributed by atoms with E-state index in [9.17, 15) is 9.59 Å². The first kappa shape index (κ1) is 15.4. The summed E-state index contributed by atoms with van der Waals surface area (Å²) in [5, 5.41) is 2.44. The smallest absolute Gasteiger partial charge is 0.407 e. The van der Waals surface area contributed by atoms with Gasteiger partial charge in [0.15, 0.2) is 0 Å². The highest BCUT2D eigenvalue weighted by molar-refractivity contribution is 5.82. The number of likely N-dealkylation sites (tertiary alicyclic amines) is 1. The van der Waals surface area contributed by atoms with E-state index in [1.54, 1.807) is 0 Å². The van der Waals surface area contributed by atoms with Gasteiger partial charge < -0.3 is 15.0 Å². The van der Waals surface area contributed by atoms with Gasteiger partial charge in [-0.15, -0.1) is 0 Å². The summed E-state index contributed by atoms with van der Waals surface area (Å²) >= 11 is 0. The molecule has 0 saturated carbocycles. The number of hydrogen-bond acceptors (Lipinski definition) is 3. The Hall–Kier alpha value is -2.04. The Morgan fingerprint density at radius 1 is 1.38 bits per heavy atom. The molecule has 21 heavy (non-hydrogen) atoms. The van der Waals surface area contributed by atoms with Crippen LogP contribution in [0, 0.1) is 6.92 Å². The lowest BCUT2D eigenvalue weighted by atomic mass is 9.88. The van der Waals surface area contributed by atoms with Crippen molar-refractivity contribution >= 4 is 12.0 Å². The maximum absolute atomic E-state index is 12.1.